The number of amides is 1. The summed E-state index contributed by atoms with van der Waals surface area (Å²) in [6.07, 6.45) is 1.84. The van der Waals surface area contributed by atoms with E-state index in [1.165, 1.54) is 12.8 Å². The minimum absolute atomic E-state index is 0.0532. The van der Waals surface area contributed by atoms with Gasteiger partial charge in [0, 0.05) is 32.2 Å². The molecule has 0 N–H and O–H groups in total. The first-order valence-corrected chi connectivity index (χ1v) is 8.17. The second-order valence-corrected chi connectivity index (χ2v) is 6.40. The van der Waals surface area contributed by atoms with E-state index in [0.717, 1.165) is 38.0 Å². The number of piperazine rings is 1. The number of para-hydroxylation sites is 2. The number of fused-ring (bicyclic) bond motifs is 1. The molecule has 2 atom stereocenters. The van der Waals surface area contributed by atoms with Gasteiger partial charge in [-0.25, -0.2) is 0 Å². The Bertz CT molecular complexity index is 565. The van der Waals surface area contributed by atoms with E-state index in [1.807, 2.05) is 36.1 Å². The molecular formula is C17H22N2O3. The molecule has 0 radical (unpaired) electrons. The highest BCUT2D eigenvalue weighted by molar-refractivity contribution is 5.82. The van der Waals surface area contributed by atoms with Gasteiger partial charge >= 0.3 is 0 Å². The molecule has 2 aliphatic heterocycles. The number of hydrogen-bond acceptors (Lipinski definition) is 4. The summed E-state index contributed by atoms with van der Waals surface area (Å²) in [5.74, 6) is 1.44. The minimum atomic E-state index is -0.539. The lowest BCUT2D eigenvalue weighted by atomic mass is 10.1. The normalized spacial score (nSPS) is 28.5. The molecule has 0 spiro atoms. The van der Waals surface area contributed by atoms with E-state index in [0.29, 0.717) is 5.75 Å². The van der Waals surface area contributed by atoms with E-state index < -0.39 is 6.10 Å². The number of rotatable bonds is 2. The smallest absolute Gasteiger partial charge is 0.267 e. The molecule has 0 bridgehead atoms. The Hall–Kier alpha value is -1.75. The molecule has 5 heteroatoms. The molecule has 1 aliphatic carbocycles. The molecule has 1 saturated heterocycles. The Morgan fingerprint density at radius 3 is 2.32 bits per heavy atom. The van der Waals surface area contributed by atoms with Crippen LogP contribution in [0.5, 0.6) is 11.5 Å². The Kier molecular flexibility index (Phi) is 3.45. The lowest BCUT2D eigenvalue weighted by Crippen LogP contribution is -2.56. The van der Waals surface area contributed by atoms with Gasteiger partial charge < -0.3 is 14.4 Å². The fraction of sp³-hybridized carbons (Fsp3) is 0.588. The number of carbonyl (C=O) groups is 1. The molecule has 0 aromatic heterocycles. The second-order valence-electron chi connectivity index (χ2n) is 6.40. The number of nitrogens with zero attached hydrogens (tertiary/aromatic N) is 2. The Morgan fingerprint density at radius 1 is 1.05 bits per heavy atom. The third-order valence-corrected chi connectivity index (χ3v) is 4.77. The molecule has 118 valence electrons. The summed E-state index contributed by atoms with van der Waals surface area (Å²) in [7, 11) is 0. The van der Waals surface area contributed by atoms with Gasteiger partial charge in [0.25, 0.3) is 5.91 Å². The number of hydrogen-bond donors (Lipinski definition) is 0. The largest absolute Gasteiger partial charge is 0.482 e. The van der Waals surface area contributed by atoms with Crippen LogP contribution in [0.1, 0.15) is 19.8 Å². The first kappa shape index (κ1) is 13.9. The topological polar surface area (TPSA) is 42.0 Å². The van der Waals surface area contributed by atoms with Gasteiger partial charge in [0.15, 0.2) is 11.5 Å². The third-order valence-electron chi connectivity index (χ3n) is 4.77. The van der Waals surface area contributed by atoms with Crippen LogP contribution in [0, 0.1) is 0 Å². The molecular weight excluding hydrogens is 280 g/mol. The highest BCUT2D eigenvalue weighted by atomic mass is 16.6. The number of ether oxygens (including phenoxy) is 2. The maximum atomic E-state index is 12.8. The van der Waals surface area contributed by atoms with Crippen molar-refractivity contribution in [2.45, 2.75) is 38.0 Å². The van der Waals surface area contributed by atoms with Gasteiger partial charge in [0.05, 0.1) is 0 Å². The quantitative estimate of drug-likeness (QED) is 0.831. The SMILES string of the molecule is CC1Oc2ccccc2OC1C(=O)N1CCN(C2CC2)CC1. The highest BCUT2D eigenvalue weighted by Gasteiger charge is 2.39. The third kappa shape index (κ3) is 2.54. The van der Waals surface area contributed by atoms with Crippen molar-refractivity contribution < 1.29 is 14.3 Å². The van der Waals surface area contributed by atoms with E-state index >= 15 is 0 Å². The van der Waals surface area contributed by atoms with E-state index in [-0.39, 0.29) is 12.0 Å². The molecule has 1 aromatic carbocycles. The van der Waals surface area contributed by atoms with Crippen molar-refractivity contribution in [1.29, 1.82) is 0 Å². The molecule has 2 unspecified atom stereocenters. The van der Waals surface area contributed by atoms with Crippen LogP contribution < -0.4 is 9.47 Å². The van der Waals surface area contributed by atoms with Crippen LogP contribution in [0.4, 0.5) is 0 Å². The van der Waals surface area contributed by atoms with Crippen molar-refractivity contribution >= 4 is 5.91 Å². The Morgan fingerprint density at radius 2 is 1.68 bits per heavy atom. The van der Waals surface area contributed by atoms with Crippen molar-refractivity contribution in [3.63, 3.8) is 0 Å². The highest BCUT2D eigenvalue weighted by Crippen LogP contribution is 2.34. The molecule has 2 fully saturated rings. The zero-order valence-corrected chi connectivity index (χ0v) is 12.9. The average Bonchev–Trinajstić information content (AvgIpc) is 3.39. The molecule has 2 heterocycles. The van der Waals surface area contributed by atoms with Crippen LogP contribution in [0.3, 0.4) is 0 Å². The molecule has 22 heavy (non-hydrogen) atoms. The van der Waals surface area contributed by atoms with Crippen LogP contribution in [-0.2, 0) is 4.79 Å². The van der Waals surface area contributed by atoms with E-state index in [4.69, 9.17) is 9.47 Å². The molecule has 3 aliphatic rings. The predicted octanol–water partition coefficient (Wildman–Crippen LogP) is 1.52. The zero-order valence-electron chi connectivity index (χ0n) is 12.9. The van der Waals surface area contributed by atoms with Crippen molar-refractivity contribution in [3.8, 4) is 11.5 Å². The van der Waals surface area contributed by atoms with Gasteiger partial charge in [-0.3, -0.25) is 9.69 Å². The minimum Gasteiger partial charge on any atom is -0.482 e. The Balaban J connectivity index is 1.42. The first-order valence-electron chi connectivity index (χ1n) is 8.17. The molecule has 5 nitrogen and oxygen atoms in total. The van der Waals surface area contributed by atoms with Crippen LogP contribution in [0.2, 0.25) is 0 Å². The van der Waals surface area contributed by atoms with E-state index in [2.05, 4.69) is 4.90 Å². The molecule has 1 saturated carbocycles. The van der Waals surface area contributed by atoms with Crippen molar-refractivity contribution in [2.24, 2.45) is 0 Å². The van der Waals surface area contributed by atoms with Gasteiger partial charge in [0.1, 0.15) is 6.10 Å². The van der Waals surface area contributed by atoms with Crippen LogP contribution in [-0.4, -0.2) is 60.1 Å². The summed E-state index contributed by atoms with van der Waals surface area (Å²) < 4.78 is 11.8. The maximum Gasteiger partial charge on any atom is 0.267 e. The second kappa shape index (κ2) is 5.47. The van der Waals surface area contributed by atoms with Gasteiger partial charge in [-0.2, -0.15) is 0 Å². The van der Waals surface area contributed by atoms with Crippen LogP contribution >= 0.6 is 0 Å². The van der Waals surface area contributed by atoms with Crippen LogP contribution in [0.15, 0.2) is 24.3 Å². The lowest BCUT2D eigenvalue weighted by molar-refractivity contribution is -0.146. The fourth-order valence-electron chi connectivity index (χ4n) is 3.32. The molecule has 1 aromatic rings. The Labute approximate surface area is 130 Å². The van der Waals surface area contributed by atoms with Gasteiger partial charge in [-0.1, -0.05) is 12.1 Å². The summed E-state index contributed by atoms with van der Waals surface area (Å²) in [6.45, 7) is 5.45. The average molecular weight is 302 g/mol. The lowest BCUT2D eigenvalue weighted by Gasteiger charge is -2.38. The van der Waals surface area contributed by atoms with E-state index in [9.17, 15) is 4.79 Å². The predicted molar refractivity (Wildman–Crippen MR) is 82.1 cm³/mol. The van der Waals surface area contributed by atoms with Gasteiger partial charge in [-0.15, -0.1) is 0 Å². The van der Waals surface area contributed by atoms with Gasteiger partial charge in [0.2, 0.25) is 6.10 Å². The fourth-order valence-corrected chi connectivity index (χ4v) is 3.32. The van der Waals surface area contributed by atoms with Crippen molar-refractivity contribution in [1.82, 2.24) is 9.80 Å². The van der Waals surface area contributed by atoms with Crippen molar-refractivity contribution in [2.75, 3.05) is 26.2 Å². The summed E-state index contributed by atoms with van der Waals surface area (Å²) in [5.41, 5.74) is 0. The molecule has 1 amide bonds. The summed E-state index contributed by atoms with van der Waals surface area (Å²) in [6, 6.07) is 8.31. The summed E-state index contributed by atoms with van der Waals surface area (Å²) in [5, 5.41) is 0. The van der Waals surface area contributed by atoms with Gasteiger partial charge in [-0.05, 0) is 31.9 Å². The number of benzene rings is 1. The summed E-state index contributed by atoms with van der Waals surface area (Å²) in [4.78, 5) is 17.2. The maximum absolute atomic E-state index is 12.8. The monoisotopic (exact) mass is 302 g/mol. The summed E-state index contributed by atoms with van der Waals surface area (Å²) >= 11 is 0. The number of carbonyl (C=O) groups excluding carboxylic acids is 1. The first-order chi connectivity index (χ1) is 10.7. The van der Waals surface area contributed by atoms with Crippen LogP contribution in [0.25, 0.3) is 0 Å². The molecule has 4 rings (SSSR count). The van der Waals surface area contributed by atoms with E-state index in [1.54, 1.807) is 0 Å². The van der Waals surface area contributed by atoms with Crippen molar-refractivity contribution in [3.05, 3.63) is 24.3 Å². The standard InChI is InChI=1S/C17H22N2O3/c1-12-16(22-15-5-3-2-4-14(15)21-12)17(20)19-10-8-18(9-11-19)13-6-7-13/h2-5,12-13,16H,6-11H2,1H3. The zero-order chi connectivity index (χ0) is 15.1.